The molecule has 0 rings (SSSR count). The highest BCUT2D eigenvalue weighted by Crippen LogP contribution is 2.43. The van der Waals surface area contributed by atoms with Crippen molar-refractivity contribution in [3.8, 4) is 0 Å². The highest BCUT2D eigenvalue weighted by atomic mass is 31.2. The lowest BCUT2D eigenvalue weighted by molar-refractivity contribution is -0.870. The summed E-state index contributed by atoms with van der Waals surface area (Å²) in [5, 5.41) is 13.9. The van der Waals surface area contributed by atoms with Crippen LogP contribution in [0.25, 0.3) is 0 Å². The number of unbranched alkanes of at least 4 members (excludes halogenated alkanes) is 33. The van der Waals surface area contributed by atoms with Crippen molar-refractivity contribution in [2.75, 3.05) is 40.9 Å². The molecule has 0 bridgehead atoms. The molecule has 3 N–H and O–H groups in total. The molecular formula is C61H116N2O6P+. The molecule has 0 saturated carbocycles. The zero-order valence-electron chi connectivity index (χ0n) is 46.8. The molecule has 410 valence electrons. The zero-order valence-corrected chi connectivity index (χ0v) is 47.7. The minimum atomic E-state index is -4.36. The third-order valence-electron chi connectivity index (χ3n) is 13.2. The standard InChI is InChI=1S/C61H115N2O6P/c1-6-8-10-12-14-16-18-20-22-24-25-26-27-28-29-30-31-32-33-34-35-36-37-39-40-42-44-46-48-50-52-54-60(64)59(58-69-70(66,67)68-57-56-63(3,4)5)62-61(65)55-53-51-49-47-45-43-41-38-23-21-19-17-15-13-11-9-7-2/h15,17,21,23,37,39,44,46,52,54,59-60,64H,6-14,16,18-20,22,24-36,38,40-43,45,47-51,53,55-58H2,1-5H3,(H-,62,65,66,67)/p+1/b17-15-,23-21-,39-37+,46-44+,54-52+. The Labute approximate surface area is 434 Å². The van der Waals surface area contributed by atoms with Gasteiger partial charge in [-0.25, -0.2) is 4.57 Å². The largest absolute Gasteiger partial charge is 0.472 e. The third-order valence-corrected chi connectivity index (χ3v) is 14.2. The number of nitrogens with zero attached hydrogens (tertiary/aromatic N) is 1. The quantitative estimate of drug-likeness (QED) is 0.0243. The zero-order chi connectivity index (χ0) is 51.3. The van der Waals surface area contributed by atoms with Crippen LogP contribution in [0, 0.1) is 0 Å². The number of allylic oxidation sites excluding steroid dienone is 9. The maximum atomic E-state index is 12.9. The van der Waals surface area contributed by atoms with E-state index >= 15 is 0 Å². The number of aliphatic hydroxyl groups excluding tert-OH is 1. The molecule has 1 amide bonds. The first-order chi connectivity index (χ1) is 34.0. The van der Waals surface area contributed by atoms with E-state index in [0.717, 1.165) is 64.2 Å². The Bertz CT molecular complexity index is 1320. The van der Waals surface area contributed by atoms with Gasteiger partial charge in [0.05, 0.1) is 39.9 Å². The number of phosphoric ester groups is 1. The molecule has 8 nitrogen and oxygen atoms in total. The number of carbonyl (C=O) groups excluding carboxylic acids is 1. The number of phosphoric acid groups is 1. The SMILES string of the molecule is CCCCC/C=C\C/C=C\CCCCCCCCCC(=O)NC(COP(=O)(O)OCC[N+](C)(C)C)C(O)/C=C/CC/C=C/CC/C=C/CCCCCCCCCCCCCCCCCCCCCCC. The first-order valence-electron chi connectivity index (χ1n) is 29.7. The van der Waals surface area contributed by atoms with Crippen molar-refractivity contribution >= 4 is 13.7 Å². The molecule has 3 atom stereocenters. The number of nitrogens with one attached hydrogen (secondary N) is 1. The Kier molecular flexibility index (Phi) is 50.7. The highest BCUT2D eigenvalue weighted by molar-refractivity contribution is 7.47. The van der Waals surface area contributed by atoms with E-state index < -0.39 is 20.0 Å². The van der Waals surface area contributed by atoms with Crippen molar-refractivity contribution in [1.82, 2.24) is 5.32 Å². The van der Waals surface area contributed by atoms with Gasteiger partial charge < -0.3 is 19.8 Å². The van der Waals surface area contributed by atoms with E-state index in [1.54, 1.807) is 6.08 Å². The number of hydrogen-bond acceptors (Lipinski definition) is 5. The second kappa shape index (κ2) is 52.1. The number of carbonyl (C=O) groups is 1. The summed E-state index contributed by atoms with van der Waals surface area (Å²) in [7, 11) is 1.54. The molecular weight excluding hydrogens is 888 g/mol. The molecule has 9 heteroatoms. The molecule has 0 radical (unpaired) electrons. The van der Waals surface area contributed by atoms with Gasteiger partial charge in [0.25, 0.3) is 0 Å². The van der Waals surface area contributed by atoms with Crippen LogP contribution in [-0.4, -0.2) is 73.4 Å². The summed E-state index contributed by atoms with van der Waals surface area (Å²) in [6.07, 6.45) is 70.6. The predicted molar refractivity (Wildman–Crippen MR) is 304 cm³/mol. The molecule has 0 aliphatic heterocycles. The third kappa shape index (κ3) is 54.0. The maximum absolute atomic E-state index is 12.9. The molecule has 0 aliphatic rings. The van der Waals surface area contributed by atoms with E-state index in [1.165, 1.54) is 186 Å². The average molecular weight is 1000 g/mol. The molecule has 3 unspecified atom stereocenters. The van der Waals surface area contributed by atoms with Gasteiger partial charge in [-0.1, -0.05) is 248 Å². The minimum absolute atomic E-state index is 0.0500. The van der Waals surface area contributed by atoms with E-state index in [0.29, 0.717) is 17.4 Å². The molecule has 0 heterocycles. The van der Waals surface area contributed by atoms with Crippen LogP contribution in [0.3, 0.4) is 0 Å². The van der Waals surface area contributed by atoms with Gasteiger partial charge in [-0.2, -0.15) is 0 Å². The molecule has 0 aromatic carbocycles. The minimum Gasteiger partial charge on any atom is -0.387 e. The van der Waals surface area contributed by atoms with Crippen LogP contribution in [-0.2, 0) is 18.4 Å². The summed E-state index contributed by atoms with van der Waals surface area (Å²) in [4.78, 5) is 23.3. The summed E-state index contributed by atoms with van der Waals surface area (Å²) < 4.78 is 23.7. The van der Waals surface area contributed by atoms with Crippen LogP contribution in [0.1, 0.15) is 271 Å². The number of quaternary nitrogens is 1. The van der Waals surface area contributed by atoms with Gasteiger partial charge in [-0.15, -0.1) is 0 Å². The molecule has 0 fully saturated rings. The number of likely N-dealkylation sites (N-methyl/N-ethyl adjacent to an activating group) is 1. The average Bonchev–Trinajstić information content (AvgIpc) is 3.32. The summed E-state index contributed by atoms with van der Waals surface area (Å²) in [6, 6.07) is -0.877. The summed E-state index contributed by atoms with van der Waals surface area (Å²) >= 11 is 0. The second-order valence-electron chi connectivity index (χ2n) is 21.3. The van der Waals surface area contributed by atoms with Gasteiger partial charge in [0.15, 0.2) is 0 Å². The fourth-order valence-corrected chi connectivity index (χ4v) is 9.25. The van der Waals surface area contributed by atoms with Crippen LogP contribution in [0.15, 0.2) is 60.8 Å². The summed E-state index contributed by atoms with van der Waals surface area (Å²) in [5.74, 6) is -0.199. The summed E-state index contributed by atoms with van der Waals surface area (Å²) in [6.45, 7) is 4.77. The van der Waals surface area contributed by atoms with Crippen molar-refractivity contribution < 1.29 is 32.9 Å². The van der Waals surface area contributed by atoms with Crippen LogP contribution in [0.4, 0.5) is 0 Å². The topological polar surface area (TPSA) is 105 Å². The van der Waals surface area contributed by atoms with Crippen molar-refractivity contribution in [1.29, 1.82) is 0 Å². The van der Waals surface area contributed by atoms with Gasteiger partial charge in [-0.05, 0) is 77.0 Å². The Morgan fingerprint density at radius 1 is 0.486 bits per heavy atom. The smallest absolute Gasteiger partial charge is 0.387 e. The van der Waals surface area contributed by atoms with E-state index in [1.807, 2.05) is 27.2 Å². The van der Waals surface area contributed by atoms with Gasteiger partial charge in [0.1, 0.15) is 13.2 Å². The van der Waals surface area contributed by atoms with Crippen molar-refractivity contribution in [2.24, 2.45) is 0 Å². The van der Waals surface area contributed by atoms with Crippen LogP contribution < -0.4 is 5.32 Å². The van der Waals surface area contributed by atoms with E-state index in [2.05, 4.69) is 67.8 Å². The predicted octanol–water partition coefficient (Wildman–Crippen LogP) is 18.1. The fourth-order valence-electron chi connectivity index (χ4n) is 8.52. The lowest BCUT2D eigenvalue weighted by atomic mass is 10.0. The molecule has 0 aromatic rings. The lowest BCUT2D eigenvalue weighted by Crippen LogP contribution is -2.45. The van der Waals surface area contributed by atoms with E-state index in [4.69, 9.17) is 9.05 Å². The van der Waals surface area contributed by atoms with E-state index in [9.17, 15) is 19.4 Å². The number of amides is 1. The molecule has 0 spiro atoms. The number of rotatable bonds is 54. The maximum Gasteiger partial charge on any atom is 0.472 e. The van der Waals surface area contributed by atoms with Crippen LogP contribution in [0.5, 0.6) is 0 Å². The first-order valence-corrected chi connectivity index (χ1v) is 31.2. The van der Waals surface area contributed by atoms with Gasteiger partial charge in [0.2, 0.25) is 5.91 Å². The molecule has 0 aliphatic carbocycles. The van der Waals surface area contributed by atoms with Crippen molar-refractivity contribution in [2.45, 2.75) is 283 Å². The van der Waals surface area contributed by atoms with E-state index in [-0.39, 0.29) is 19.1 Å². The monoisotopic (exact) mass is 1000 g/mol. The van der Waals surface area contributed by atoms with Gasteiger partial charge in [-0.3, -0.25) is 13.8 Å². The van der Waals surface area contributed by atoms with Gasteiger partial charge in [0, 0.05) is 6.42 Å². The highest BCUT2D eigenvalue weighted by Gasteiger charge is 2.27. The van der Waals surface area contributed by atoms with Crippen LogP contribution in [0.2, 0.25) is 0 Å². The molecule has 70 heavy (non-hydrogen) atoms. The first kappa shape index (κ1) is 68.2. The molecule has 0 saturated heterocycles. The Balaban J connectivity index is 4.22. The second-order valence-corrected chi connectivity index (χ2v) is 22.8. The van der Waals surface area contributed by atoms with Crippen molar-refractivity contribution in [3.63, 3.8) is 0 Å². The van der Waals surface area contributed by atoms with Crippen LogP contribution >= 0.6 is 7.82 Å². The Morgan fingerprint density at radius 3 is 1.26 bits per heavy atom. The number of hydrogen-bond donors (Lipinski definition) is 3. The lowest BCUT2D eigenvalue weighted by Gasteiger charge is -2.25. The van der Waals surface area contributed by atoms with Crippen molar-refractivity contribution in [3.05, 3.63) is 60.8 Å². The fraction of sp³-hybridized carbons (Fsp3) is 0.820. The summed E-state index contributed by atoms with van der Waals surface area (Å²) in [5.41, 5.74) is 0. The number of aliphatic hydroxyl groups is 1. The van der Waals surface area contributed by atoms with Gasteiger partial charge >= 0.3 is 7.82 Å². The molecule has 0 aromatic heterocycles. The Morgan fingerprint density at radius 2 is 0.829 bits per heavy atom. The normalized spacial score (nSPS) is 14.3. The Hall–Kier alpha value is -1.80.